The van der Waals surface area contributed by atoms with E-state index in [1.54, 1.807) is 31.4 Å². The first-order valence-electron chi connectivity index (χ1n) is 5.53. The zero-order chi connectivity index (χ0) is 13.1. The fourth-order valence-electron chi connectivity index (χ4n) is 1.75. The molecule has 0 radical (unpaired) electrons. The smallest absolute Gasteiger partial charge is 0.341 e. The highest BCUT2D eigenvalue weighted by Gasteiger charge is 2.22. The van der Waals surface area contributed by atoms with Crippen LogP contribution in [0.3, 0.4) is 0 Å². The van der Waals surface area contributed by atoms with Crippen LogP contribution >= 0.6 is 0 Å². The standard InChI is InChI=1S/C13H13NO4/c1-3-10-11(13(15)16)12(18-14-10)8-5-4-6-9(7-8)17-2/h4-7H,3H2,1-2H3,(H,15,16). The van der Waals surface area contributed by atoms with E-state index in [2.05, 4.69) is 5.16 Å². The maximum absolute atomic E-state index is 11.3. The minimum absolute atomic E-state index is 0.116. The lowest BCUT2D eigenvalue weighted by Gasteiger charge is -2.02. The third-order valence-electron chi connectivity index (χ3n) is 2.64. The zero-order valence-corrected chi connectivity index (χ0v) is 10.1. The molecule has 5 nitrogen and oxygen atoms in total. The van der Waals surface area contributed by atoms with Crippen molar-refractivity contribution >= 4 is 5.97 Å². The number of nitrogens with zero attached hydrogens (tertiary/aromatic N) is 1. The Morgan fingerprint density at radius 2 is 2.28 bits per heavy atom. The Hall–Kier alpha value is -2.30. The van der Waals surface area contributed by atoms with Crippen molar-refractivity contribution in [3.05, 3.63) is 35.5 Å². The second-order valence-electron chi connectivity index (χ2n) is 3.72. The van der Waals surface area contributed by atoms with E-state index < -0.39 is 5.97 Å². The number of hydrogen-bond donors (Lipinski definition) is 1. The summed E-state index contributed by atoms with van der Waals surface area (Å²) in [5.74, 6) is -0.137. The van der Waals surface area contributed by atoms with Gasteiger partial charge >= 0.3 is 5.97 Å². The van der Waals surface area contributed by atoms with E-state index in [4.69, 9.17) is 9.26 Å². The van der Waals surface area contributed by atoms with Crippen LogP contribution in [-0.4, -0.2) is 23.3 Å². The summed E-state index contributed by atoms with van der Waals surface area (Å²) in [4.78, 5) is 11.3. The van der Waals surface area contributed by atoms with Crippen molar-refractivity contribution < 1.29 is 19.2 Å². The first-order valence-corrected chi connectivity index (χ1v) is 5.53. The van der Waals surface area contributed by atoms with E-state index in [0.29, 0.717) is 23.4 Å². The molecule has 0 bridgehead atoms. The molecule has 5 heteroatoms. The molecule has 0 atom stereocenters. The van der Waals surface area contributed by atoms with Gasteiger partial charge in [0.15, 0.2) is 5.76 Å². The Labute approximate surface area is 104 Å². The molecule has 0 aliphatic rings. The van der Waals surface area contributed by atoms with Gasteiger partial charge in [0.2, 0.25) is 0 Å². The van der Waals surface area contributed by atoms with Crippen LogP contribution in [0, 0.1) is 0 Å². The third kappa shape index (κ3) is 2.07. The van der Waals surface area contributed by atoms with Gasteiger partial charge < -0.3 is 14.4 Å². The number of aryl methyl sites for hydroxylation is 1. The zero-order valence-electron chi connectivity index (χ0n) is 10.1. The van der Waals surface area contributed by atoms with Crippen LogP contribution in [0.4, 0.5) is 0 Å². The molecule has 18 heavy (non-hydrogen) atoms. The van der Waals surface area contributed by atoms with Gasteiger partial charge in [0.1, 0.15) is 11.3 Å². The average molecular weight is 247 g/mol. The number of hydrogen-bond acceptors (Lipinski definition) is 4. The van der Waals surface area contributed by atoms with Crippen LogP contribution < -0.4 is 4.74 Å². The topological polar surface area (TPSA) is 72.6 Å². The summed E-state index contributed by atoms with van der Waals surface area (Å²) >= 11 is 0. The number of ether oxygens (including phenoxy) is 1. The van der Waals surface area contributed by atoms with Crippen LogP contribution in [-0.2, 0) is 6.42 Å². The van der Waals surface area contributed by atoms with E-state index >= 15 is 0 Å². The fraction of sp³-hybridized carbons (Fsp3) is 0.231. The summed E-state index contributed by atoms with van der Waals surface area (Å²) in [5.41, 5.74) is 1.20. The Bertz CT molecular complexity index is 574. The van der Waals surface area contributed by atoms with Crippen LogP contribution in [0.1, 0.15) is 23.0 Å². The van der Waals surface area contributed by atoms with Gasteiger partial charge in [0.25, 0.3) is 0 Å². The largest absolute Gasteiger partial charge is 0.497 e. The number of aromatic nitrogens is 1. The van der Waals surface area contributed by atoms with E-state index in [0.717, 1.165) is 0 Å². The lowest BCUT2D eigenvalue weighted by molar-refractivity contribution is 0.0696. The van der Waals surface area contributed by atoms with Crippen molar-refractivity contribution in [2.45, 2.75) is 13.3 Å². The number of carbonyl (C=O) groups is 1. The van der Waals surface area contributed by atoms with Crippen LogP contribution in [0.5, 0.6) is 5.75 Å². The lowest BCUT2D eigenvalue weighted by atomic mass is 10.1. The van der Waals surface area contributed by atoms with Crippen molar-refractivity contribution in [1.82, 2.24) is 5.16 Å². The van der Waals surface area contributed by atoms with Crippen molar-refractivity contribution in [2.75, 3.05) is 7.11 Å². The molecule has 0 saturated heterocycles. The molecule has 94 valence electrons. The molecule has 2 aromatic rings. The lowest BCUT2D eigenvalue weighted by Crippen LogP contribution is -2.01. The third-order valence-corrected chi connectivity index (χ3v) is 2.64. The Morgan fingerprint density at radius 3 is 2.89 bits per heavy atom. The van der Waals surface area contributed by atoms with Gasteiger partial charge in [-0.05, 0) is 18.6 Å². The molecule has 1 N–H and O–H groups in total. The summed E-state index contributed by atoms with van der Waals surface area (Å²) in [7, 11) is 1.55. The van der Waals surface area contributed by atoms with Gasteiger partial charge in [0.05, 0.1) is 12.8 Å². The summed E-state index contributed by atoms with van der Waals surface area (Å²) in [6, 6.07) is 7.02. The van der Waals surface area contributed by atoms with Gasteiger partial charge in [-0.1, -0.05) is 24.2 Å². The van der Waals surface area contributed by atoms with Crippen molar-refractivity contribution in [1.29, 1.82) is 0 Å². The maximum atomic E-state index is 11.3. The highest BCUT2D eigenvalue weighted by atomic mass is 16.5. The van der Waals surface area contributed by atoms with Crippen LogP contribution in [0.25, 0.3) is 11.3 Å². The minimum Gasteiger partial charge on any atom is -0.497 e. The SMILES string of the molecule is CCc1noc(-c2cccc(OC)c2)c1C(=O)O. The van der Waals surface area contributed by atoms with Gasteiger partial charge in [-0.2, -0.15) is 0 Å². The number of carboxylic acid groups (broad SMARTS) is 1. The first-order chi connectivity index (χ1) is 8.67. The molecule has 0 saturated carbocycles. The number of carboxylic acids is 1. The van der Waals surface area contributed by atoms with E-state index in [1.165, 1.54) is 0 Å². The second-order valence-corrected chi connectivity index (χ2v) is 3.72. The molecular weight excluding hydrogens is 234 g/mol. The Kier molecular flexibility index (Phi) is 3.32. The predicted molar refractivity (Wildman–Crippen MR) is 64.8 cm³/mol. The predicted octanol–water partition coefficient (Wildman–Crippen LogP) is 2.61. The van der Waals surface area contributed by atoms with Crippen molar-refractivity contribution in [2.24, 2.45) is 0 Å². The van der Waals surface area contributed by atoms with Gasteiger partial charge in [0, 0.05) is 5.56 Å². The molecule has 0 aliphatic heterocycles. The molecule has 0 spiro atoms. The van der Waals surface area contributed by atoms with Gasteiger partial charge in [-0.25, -0.2) is 4.79 Å². The molecule has 1 heterocycles. The maximum Gasteiger partial charge on any atom is 0.341 e. The molecule has 2 rings (SSSR count). The Morgan fingerprint density at radius 1 is 1.50 bits per heavy atom. The van der Waals surface area contributed by atoms with E-state index in [-0.39, 0.29) is 11.3 Å². The molecule has 0 fully saturated rings. The van der Waals surface area contributed by atoms with Crippen LogP contribution in [0.2, 0.25) is 0 Å². The number of aromatic carboxylic acids is 1. The second kappa shape index (κ2) is 4.91. The summed E-state index contributed by atoms with van der Waals surface area (Å²) in [5, 5.41) is 13.0. The number of benzene rings is 1. The summed E-state index contributed by atoms with van der Waals surface area (Å²) in [6.45, 7) is 1.83. The highest BCUT2D eigenvalue weighted by molar-refractivity contribution is 5.95. The van der Waals surface area contributed by atoms with Crippen molar-refractivity contribution in [3.8, 4) is 17.1 Å². The molecule has 0 aliphatic carbocycles. The monoisotopic (exact) mass is 247 g/mol. The molecular formula is C13H13NO4. The average Bonchev–Trinajstić information content (AvgIpc) is 2.82. The number of methoxy groups -OCH3 is 1. The van der Waals surface area contributed by atoms with Gasteiger partial charge in [-0.15, -0.1) is 0 Å². The quantitative estimate of drug-likeness (QED) is 0.899. The highest BCUT2D eigenvalue weighted by Crippen LogP contribution is 2.29. The molecule has 0 amide bonds. The minimum atomic E-state index is -1.04. The normalized spacial score (nSPS) is 10.3. The molecule has 0 unspecified atom stereocenters. The molecule has 1 aromatic heterocycles. The van der Waals surface area contributed by atoms with E-state index in [9.17, 15) is 9.90 Å². The van der Waals surface area contributed by atoms with Gasteiger partial charge in [-0.3, -0.25) is 0 Å². The van der Waals surface area contributed by atoms with E-state index in [1.807, 2.05) is 6.92 Å². The fourth-order valence-corrected chi connectivity index (χ4v) is 1.75. The summed E-state index contributed by atoms with van der Waals surface area (Å²) in [6.07, 6.45) is 0.509. The summed E-state index contributed by atoms with van der Waals surface area (Å²) < 4.78 is 10.2. The Balaban J connectivity index is 2.56. The first kappa shape index (κ1) is 12.2. The van der Waals surface area contributed by atoms with Crippen LogP contribution in [0.15, 0.2) is 28.8 Å². The molecule has 1 aromatic carbocycles. The number of rotatable bonds is 4. The van der Waals surface area contributed by atoms with Crippen molar-refractivity contribution in [3.63, 3.8) is 0 Å².